The number of hydrogen-bond acceptors (Lipinski definition) is 5. The molecule has 182 valence electrons. The fraction of sp³-hybridized carbons (Fsp3) is 0.333. The van der Waals surface area contributed by atoms with Crippen molar-refractivity contribution < 1.29 is 30.8 Å². The standard InChI is InChI=1S/C21H19ClF3N3O5S/c1-27-17-7-5-14(10-18(17)33-20(27)30)34(31,32)28-8-2-3-12(11-28)19(29)26-13-4-6-16(22)15(9-13)21(23,24)25/h4-7,9-10,12H,2-3,8,11H2,1H3,(H,26,29). The number of alkyl halides is 3. The zero-order chi connectivity index (χ0) is 24.8. The largest absolute Gasteiger partial charge is 0.419 e. The molecule has 4 rings (SSSR count). The molecule has 1 aromatic heterocycles. The maximum atomic E-state index is 13.2. The van der Waals surface area contributed by atoms with Gasteiger partial charge < -0.3 is 9.73 Å². The molecule has 1 N–H and O–H groups in total. The van der Waals surface area contributed by atoms with Crippen molar-refractivity contribution in [3.8, 4) is 0 Å². The van der Waals surface area contributed by atoms with Gasteiger partial charge in [0.25, 0.3) is 0 Å². The van der Waals surface area contributed by atoms with E-state index in [2.05, 4.69) is 5.32 Å². The molecule has 1 aliphatic heterocycles. The number of aromatic nitrogens is 1. The van der Waals surface area contributed by atoms with Crippen LogP contribution in [0.4, 0.5) is 18.9 Å². The second-order valence-corrected chi connectivity index (χ2v) is 10.3. The smallest absolute Gasteiger partial charge is 0.408 e. The quantitative estimate of drug-likeness (QED) is 0.566. The predicted octanol–water partition coefficient (Wildman–Crippen LogP) is 3.84. The summed E-state index contributed by atoms with van der Waals surface area (Å²) >= 11 is 5.61. The zero-order valence-electron chi connectivity index (χ0n) is 17.7. The third-order valence-electron chi connectivity index (χ3n) is 5.70. The highest BCUT2D eigenvalue weighted by Gasteiger charge is 2.35. The molecular formula is C21H19ClF3N3O5S. The Kier molecular flexibility index (Phi) is 6.25. The summed E-state index contributed by atoms with van der Waals surface area (Å²) in [6, 6.07) is 7.08. The topological polar surface area (TPSA) is 102 Å². The molecule has 3 aromatic rings. The van der Waals surface area contributed by atoms with E-state index in [0.29, 0.717) is 18.4 Å². The van der Waals surface area contributed by atoms with Gasteiger partial charge in [-0.2, -0.15) is 17.5 Å². The fourth-order valence-corrected chi connectivity index (χ4v) is 5.63. The van der Waals surface area contributed by atoms with Crippen LogP contribution in [0.2, 0.25) is 5.02 Å². The summed E-state index contributed by atoms with van der Waals surface area (Å²) in [5.74, 6) is -2.00. The van der Waals surface area contributed by atoms with Gasteiger partial charge in [0, 0.05) is 31.9 Å². The predicted molar refractivity (Wildman–Crippen MR) is 118 cm³/mol. The van der Waals surface area contributed by atoms with Gasteiger partial charge in [-0.15, -0.1) is 0 Å². The van der Waals surface area contributed by atoms with Crippen LogP contribution in [0, 0.1) is 5.92 Å². The van der Waals surface area contributed by atoms with Crippen LogP contribution in [0.3, 0.4) is 0 Å². The van der Waals surface area contributed by atoms with Crippen LogP contribution in [-0.2, 0) is 28.0 Å². The lowest BCUT2D eigenvalue weighted by atomic mass is 9.98. The molecule has 1 atom stereocenters. The average molecular weight is 518 g/mol. The summed E-state index contributed by atoms with van der Waals surface area (Å²) < 4.78 is 73.1. The molecule has 1 saturated heterocycles. The van der Waals surface area contributed by atoms with Gasteiger partial charge in [-0.05, 0) is 43.2 Å². The summed E-state index contributed by atoms with van der Waals surface area (Å²) in [5, 5.41) is 1.93. The summed E-state index contributed by atoms with van der Waals surface area (Å²) in [5.41, 5.74) is -0.627. The number of fused-ring (bicyclic) bond motifs is 1. The number of amides is 1. The first-order valence-electron chi connectivity index (χ1n) is 10.2. The Balaban J connectivity index is 1.53. The molecule has 2 heterocycles. The number of piperidine rings is 1. The van der Waals surface area contributed by atoms with Crippen LogP contribution in [0.5, 0.6) is 0 Å². The summed E-state index contributed by atoms with van der Waals surface area (Å²) in [4.78, 5) is 24.3. The minimum atomic E-state index is -4.69. The highest BCUT2D eigenvalue weighted by Crippen LogP contribution is 2.36. The van der Waals surface area contributed by atoms with Crippen LogP contribution in [0.15, 0.2) is 50.5 Å². The van der Waals surface area contributed by atoms with Gasteiger partial charge in [0.1, 0.15) is 0 Å². The van der Waals surface area contributed by atoms with E-state index in [1.165, 1.54) is 35.9 Å². The second kappa shape index (κ2) is 8.75. The van der Waals surface area contributed by atoms with E-state index >= 15 is 0 Å². The van der Waals surface area contributed by atoms with Gasteiger partial charge >= 0.3 is 11.9 Å². The summed E-state index contributed by atoms with van der Waals surface area (Å²) in [7, 11) is -2.52. The molecule has 34 heavy (non-hydrogen) atoms. The zero-order valence-corrected chi connectivity index (χ0v) is 19.3. The number of anilines is 1. The van der Waals surface area contributed by atoms with Crippen molar-refractivity contribution in [1.29, 1.82) is 0 Å². The van der Waals surface area contributed by atoms with E-state index in [9.17, 15) is 31.2 Å². The Labute approximate surface area is 197 Å². The van der Waals surface area contributed by atoms with E-state index in [1.807, 2.05) is 0 Å². The molecule has 1 fully saturated rings. The van der Waals surface area contributed by atoms with E-state index < -0.39 is 44.4 Å². The number of rotatable bonds is 4. The van der Waals surface area contributed by atoms with Gasteiger partial charge in [0.15, 0.2) is 5.58 Å². The lowest BCUT2D eigenvalue weighted by Crippen LogP contribution is -2.43. The Morgan fingerprint density at radius 2 is 1.94 bits per heavy atom. The van der Waals surface area contributed by atoms with Crippen LogP contribution in [0.1, 0.15) is 18.4 Å². The third-order valence-corrected chi connectivity index (χ3v) is 7.89. The van der Waals surface area contributed by atoms with Crippen molar-refractivity contribution in [2.45, 2.75) is 23.9 Å². The molecule has 13 heteroatoms. The normalized spacial score (nSPS) is 17.7. The summed E-state index contributed by atoms with van der Waals surface area (Å²) in [6.07, 6.45) is -3.94. The van der Waals surface area contributed by atoms with Crippen molar-refractivity contribution in [1.82, 2.24) is 8.87 Å². The lowest BCUT2D eigenvalue weighted by Gasteiger charge is -2.31. The second-order valence-electron chi connectivity index (χ2n) is 7.94. The Morgan fingerprint density at radius 1 is 1.21 bits per heavy atom. The van der Waals surface area contributed by atoms with Gasteiger partial charge in [-0.1, -0.05) is 11.6 Å². The van der Waals surface area contributed by atoms with Gasteiger partial charge in [0.05, 0.1) is 26.9 Å². The molecule has 2 aromatic carbocycles. The number of nitrogens with one attached hydrogen (secondary N) is 1. The highest BCUT2D eigenvalue weighted by atomic mass is 35.5. The number of nitrogens with zero attached hydrogens (tertiary/aromatic N) is 2. The van der Waals surface area contributed by atoms with E-state index in [1.54, 1.807) is 0 Å². The van der Waals surface area contributed by atoms with Gasteiger partial charge in [-0.3, -0.25) is 9.36 Å². The van der Waals surface area contributed by atoms with Crippen molar-refractivity contribution >= 4 is 44.3 Å². The van der Waals surface area contributed by atoms with Crippen molar-refractivity contribution in [2.24, 2.45) is 13.0 Å². The first kappa shape index (κ1) is 24.3. The van der Waals surface area contributed by atoms with Crippen molar-refractivity contribution in [3.63, 3.8) is 0 Å². The lowest BCUT2D eigenvalue weighted by molar-refractivity contribution is -0.137. The molecule has 0 aliphatic carbocycles. The average Bonchev–Trinajstić information content (AvgIpc) is 3.07. The number of carbonyl (C=O) groups is 1. The first-order valence-corrected chi connectivity index (χ1v) is 12.0. The maximum absolute atomic E-state index is 13.2. The molecule has 0 saturated carbocycles. The van der Waals surface area contributed by atoms with Gasteiger partial charge in [0.2, 0.25) is 15.9 Å². The first-order chi connectivity index (χ1) is 15.9. The van der Waals surface area contributed by atoms with Crippen LogP contribution in [0.25, 0.3) is 11.1 Å². The SMILES string of the molecule is Cn1c(=O)oc2cc(S(=O)(=O)N3CCCC(C(=O)Nc4ccc(Cl)c(C(F)(F)F)c4)C3)ccc21. The molecule has 1 unspecified atom stereocenters. The molecule has 1 aliphatic rings. The number of benzene rings is 2. The molecule has 0 bridgehead atoms. The van der Waals surface area contributed by atoms with Gasteiger partial charge in [-0.25, -0.2) is 13.2 Å². The minimum Gasteiger partial charge on any atom is -0.408 e. The summed E-state index contributed by atoms with van der Waals surface area (Å²) in [6.45, 7) is 0.0206. The van der Waals surface area contributed by atoms with Crippen molar-refractivity contribution in [3.05, 3.63) is 57.5 Å². The Morgan fingerprint density at radius 3 is 2.65 bits per heavy atom. The van der Waals surface area contributed by atoms with Crippen LogP contribution < -0.4 is 11.1 Å². The third kappa shape index (κ3) is 4.57. The number of carbonyl (C=O) groups excluding carboxylic acids is 1. The molecule has 1 amide bonds. The number of aryl methyl sites for hydroxylation is 1. The van der Waals surface area contributed by atoms with Crippen LogP contribution >= 0.6 is 11.6 Å². The number of halogens is 4. The van der Waals surface area contributed by atoms with E-state index in [4.69, 9.17) is 16.0 Å². The molecular weight excluding hydrogens is 499 g/mol. The van der Waals surface area contributed by atoms with E-state index in [0.717, 1.165) is 16.4 Å². The molecule has 0 spiro atoms. The van der Waals surface area contributed by atoms with Crippen molar-refractivity contribution in [2.75, 3.05) is 18.4 Å². The fourth-order valence-electron chi connectivity index (χ4n) is 3.86. The monoisotopic (exact) mass is 517 g/mol. The Bertz CT molecular complexity index is 1430. The minimum absolute atomic E-state index is 0.0914. The van der Waals surface area contributed by atoms with Crippen LogP contribution in [-0.4, -0.2) is 36.3 Å². The van der Waals surface area contributed by atoms with E-state index in [-0.39, 0.29) is 29.3 Å². The Hall–Kier alpha value is -2.83. The maximum Gasteiger partial charge on any atom is 0.419 e. The molecule has 8 nitrogen and oxygen atoms in total. The number of sulfonamides is 1. The number of hydrogen-bond donors (Lipinski definition) is 1. The molecule has 0 radical (unpaired) electrons. The highest BCUT2D eigenvalue weighted by molar-refractivity contribution is 7.89. The number of oxazole rings is 1.